The van der Waals surface area contributed by atoms with E-state index in [4.69, 9.17) is 4.74 Å². The summed E-state index contributed by atoms with van der Waals surface area (Å²) in [5.41, 5.74) is 1.10. The van der Waals surface area contributed by atoms with Crippen molar-refractivity contribution in [3.05, 3.63) is 15.6 Å². The number of thiazole rings is 1. The Labute approximate surface area is 155 Å². The quantitative estimate of drug-likeness (QED) is 0.268. The van der Waals surface area contributed by atoms with E-state index in [1.807, 2.05) is 6.92 Å². The maximum Gasteiger partial charge on any atom is 0.191 e. The van der Waals surface area contributed by atoms with E-state index in [9.17, 15) is 0 Å². The number of aliphatic imine (C=N–C) groups is 1. The van der Waals surface area contributed by atoms with Gasteiger partial charge in [-0.15, -0.1) is 35.3 Å². The SMILES string of the molecule is CCCCOCCNC(=NCc1nc(C)c(C)s1)NCC.I. The number of halogens is 1. The maximum absolute atomic E-state index is 5.53. The molecule has 1 rings (SSSR count). The van der Waals surface area contributed by atoms with Crippen molar-refractivity contribution in [3.63, 3.8) is 0 Å². The third kappa shape index (κ3) is 8.89. The van der Waals surface area contributed by atoms with E-state index in [2.05, 4.69) is 41.4 Å². The van der Waals surface area contributed by atoms with Crippen LogP contribution in [0.3, 0.4) is 0 Å². The van der Waals surface area contributed by atoms with Gasteiger partial charge in [0, 0.05) is 24.6 Å². The molecule has 0 radical (unpaired) electrons. The van der Waals surface area contributed by atoms with Gasteiger partial charge in [-0.25, -0.2) is 9.98 Å². The van der Waals surface area contributed by atoms with Gasteiger partial charge in [0.1, 0.15) is 5.01 Å². The number of guanidine groups is 1. The fourth-order valence-corrected chi connectivity index (χ4v) is 2.54. The lowest BCUT2D eigenvalue weighted by molar-refractivity contribution is 0.136. The van der Waals surface area contributed by atoms with Gasteiger partial charge in [0.05, 0.1) is 18.8 Å². The Bertz CT molecular complexity index is 418. The van der Waals surface area contributed by atoms with Crippen LogP contribution in [0.5, 0.6) is 0 Å². The molecule has 0 atom stereocenters. The van der Waals surface area contributed by atoms with E-state index in [0.29, 0.717) is 13.2 Å². The predicted molar refractivity (Wildman–Crippen MR) is 106 cm³/mol. The van der Waals surface area contributed by atoms with E-state index >= 15 is 0 Å². The first-order valence-electron chi connectivity index (χ1n) is 7.70. The Balaban J connectivity index is 0.00000441. The molecule has 0 aromatic carbocycles. The molecule has 0 unspecified atom stereocenters. The van der Waals surface area contributed by atoms with Crippen LogP contribution < -0.4 is 10.6 Å². The van der Waals surface area contributed by atoms with Crippen molar-refractivity contribution in [2.75, 3.05) is 26.3 Å². The van der Waals surface area contributed by atoms with Gasteiger partial charge in [-0.2, -0.15) is 0 Å². The molecule has 7 heteroatoms. The van der Waals surface area contributed by atoms with E-state index in [1.54, 1.807) is 11.3 Å². The van der Waals surface area contributed by atoms with Gasteiger partial charge in [-0.1, -0.05) is 13.3 Å². The second-order valence-electron chi connectivity index (χ2n) is 4.84. The van der Waals surface area contributed by atoms with Crippen LogP contribution in [0.1, 0.15) is 42.3 Å². The van der Waals surface area contributed by atoms with Gasteiger partial charge >= 0.3 is 0 Å². The Hall–Kier alpha value is -0.410. The molecular weight excluding hydrogens is 411 g/mol. The van der Waals surface area contributed by atoms with Crippen LogP contribution >= 0.6 is 35.3 Å². The molecule has 0 fully saturated rings. The van der Waals surface area contributed by atoms with Gasteiger partial charge in [0.15, 0.2) is 5.96 Å². The largest absolute Gasteiger partial charge is 0.380 e. The molecule has 0 aliphatic rings. The molecular formula is C15H29IN4OS. The molecule has 0 spiro atoms. The van der Waals surface area contributed by atoms with Crippen molar-refractivity contribution < 1.29 is 4.74 Å². The molecule has 22 heavy (non-hydrogen) atoms. The number of ether oxygens (including phenoxy) is 1. The van der Waals surface area contributed by atoms with E-state index < -0.39 is 0 Å². The summed E-state index contributed by atoms with van der Waals surface area (Å²) in [6.07, 6.45) is 2.29. The summed E-state index contributed by atoms with van der Waals surface area (Å²) in [4.78, 5) is 10.3. The molecule has 1 aromatic rings. The zero-order chi connectivity index (χ0) is 15.5. The van der Waals surface area contributed by atoms with Crippen LogP contribution in [0, 0.1) is 13.8 Å². The predicted octanol–water partition coefficient (Wildman–Crippen LogP) is 3.25. The van der Waals surface area contributed by atoms with Crippen LogP contribution in [0.2, 0.25) is 0 Å². The van der Waals surface area contributed by atoms with Crippen LogP contribution in [0.25, 0.3) is 0 Å². The van der Waals surface area contributed by atoms with Crippen molar-refractivity contribution >= 4 is 41.3 Å². The first kappa shape index (κ1) is 21.6. The number of rotatable bonds is 9. The fourth-order valence-electron chi connectivity index (χ4n) is 1.69. The van der Waals surface area contributed by atoms with E-state index in [1.165, 1.54) is 11.3 Å². The Morgan fingerprint density at radius 2 is 2.00 bits per heavy atom. The average Bonchev–Trinajstić information content (AvgIpc) is 2.79. The molecule has 0 aliphatic carbocycles. The highest BCUT2D eigenvalue weighted by atomic mass is 127. The minimum Gasteiger partial charge on any atom is -0.380 e. The van der Waals surface area contributed by atoms with Crippen molar-refractivity contribution in [1.29, 1.82) is 0 Å². The highest BCUT2D eigenvalue weighted by Crippen LogP contribution is 2.16. The topological polar surface area (TPSA) is 58.5 Å². The molecule has 5 nitrogen and oxygen atoms in total. The zero-order valence-corrected chi connectivity index (χ0v) is 17.2. The summed E-state index contributed by atoms with van der Waals surface area (Å²) in [5, 5.41) is 7.57. The van der Waals surface area contributed by atoms with Crippen LogP contribution in [-0.2, 0) is 11.3 Å². The van der Waals surface area contributed by atoms with Crippen molar-refractivity contribution in [2.45, 2.75) is 47.1 Å². The minimum atomic E-state index is 0. The van der Waals surface area contributed by atoms with Gasteiger partial charge < -0.3 is 15.4 Å². The molecule has 0 aliphatic heterocycles. The standard InChI is InChI=1S/C15H28N4OS.HI/c1-5-7-9-20-10-8-17-15(16-6-2)18-11-14-19-12(3)13(4)21-14;/h5-11H2,1-4H3,(H2,16,17,18);1H. The summed E-state index contributed by atoms with van der Waals surface area (Å²) in [7, 11) is 0. The van der Waals surface area contributed by atoms with Crippen molar-refractivity contribution in [2.24, 2.45) is 4.99 Å². The Morgan fingerprint density at radius 1 is 1.23 bits per heavy atom. The second kappa shape index (κ2) is 13.1. The summed E-state index contributed by atoms with van der Waals surface area (Å²) >= 11 is 1.71. The van der Waals surface area contributed by atoms with Crippen LogP contribution in [-0.4, -0.2) is 37.2 Å². The molecule has 0 saturated carbocycles. The number of nitrogens with one attached hydrogen (secondary N) is 2. The van der Waals surface area contributed by atoms with Gasteiger partial charge in [0.25, 0.3) is 0 Å². The number of aryl methyl sites for hydroxylation is 2. The molecule has 0 saturated heterocycles. The van der Waals surface area contributed by atoms with Crippen molar-refractivity contribution in [3.8, 4) is 0 Å². The first-order valence-corrected chi connectivity index (χ1v) is 8.51. The minimum absolute atomic E-state index is 0. The van der Waals surface area contributed by atoms with Crippen molar-refractivity contribution in [1.82, 2.24) is 15.6 Å². The lowest BCUT2D eigenvalue weighted by Crippen LogP contribution is -2.39. The zero-order valence-electron chi connectivity index (χ0n) is 14.1. The fraction of sp³-hybridized carbons (Fsp3) is 0.733. The lowest BCUT2D eigenvalue weighted by atomic mass is 10.4. The smallest absolute Gasteiger partial charge is 0.191 e. The van der Waals surface area contributed by atoms with Crippen LogP contribution in [0.4, 0.5) is 0 Å². The highest BCUT2D eigenvalue weighted by molar-refractivity contribution is 14.0. The number of aromatic nitrogens is 1. The summed E-state index contributed by atoms with van der Waals surface area (Å²) < 4.78 is 5.53. The maximum atomic E-state index is 5.53. The number of nitrogens with zero attached hydrogens (tertiary/aromatic N) is 2. The highest BCUT2D eigenvalue weighted by Gasteiger charge is 2.03. The average molecular weight is 440 g/mol. The first-order chi connectivity index (χ1) is 10.2. The Kier molecular flexibility index (Phi) is 12.8. The summed E-state index contributed by atoms with van der Waals surface area (Å²) in [5.74, 6) is 0.821. The van der Waals surface area contributed by atoms with E-state index in [0.717, 1.165) is 42.8 Å². The van der Waals surface area contributed by atoms with Gasteiger partial charge in [-0.05, 0) is 27.2 Å². The monoisotopic (exact) mass is 440 g/mol. The van der Waals surface area contributed by atoms with E-state index in [-0.39, 0.29) is 24.0 Å². The molecule has 0 bridgehead atoms. The number of unbranched alkanes of at least 4 members (excludes halogenated alkanes) is 1. The normalized spacial score (nSPS) is 11.2. The Morgan fingerprint density at radius 3 is 2.59 bits per heavy atom. The summed E-state index contributed by atoms with van der Waals surface area (Å²) in [6, 6.07) is 0. The molecule has 2 N–H and O–H groups in total. The molecule has 1 heterocycles. The second-order valence-corrected chi connectivity index (χ2v) is 6.12. The molecule has 128 valence electrons. The number of hydrogen-bond acceptors (Lipinski definition) is 4. The summed E-state index contributed by atoms with van der Waals surface area (Å²) in [6.45, 7) is 12.1. The lowest BCUT2D eigenvalue weighted by Gasteiger charge is -2.11. The molecule has 1 aromatic heterocycles. The third-order valence-corrected chi connectivity index (χ3v) is 4.03. The van der Waals surface area contributed by atoms with Gasteiger partial charge in [-0.3, -0.25) is 0 Å². The van der Waals surface area contributed by atoms with Gasteiger partial charge in [0.2, 0.25) is 0 Å². The number of hydrogen-bond donors (Lipinski definition) is 2. The van der Waals surface area contributed by atoms with Crippen LogP contribution in [0.15, 0.2) is 4.99 Å². The third-order valence-electron chi connectivity index (χ3n) is 2.97. The molecule has 0 amide bonds.